The van der Waals surface area contributed by atoms with Crippen molar-refractivity contribution < 1.29 is 0 Å². The molecule has 1 aromatic carbocycles. The van der Waals surface area contributed by atoms with Gasteiger partial charge < -0.3 is 10.6 Å². The van der Waals surface area contributed by atoms with Crippen LogP contribution in [0, 0.1) is 11.3 Å². The molecule has 1 aliphatic rings. The van der Waals surface area contributed by atoms with Gasteiger partial charge >= 0.3 is 0 Å². The maximum atomic E-state index is 8.97. The number of nitriles is 1. The van der Waals surface area contributed by atoms with E-state index in [2.05, 4.69) is 20.5 Å². The summed E-state index contributed by atoms with van der Waals surface area (Å²) in [7, 11) is 0. The molecule has 0 bridgehead atoms. The maximum Gasteiger partial charge on any atom is 0.208 e. The van der Waals surface area contributed by atoms with Gasteiger partial charge in [0.2, 0.25) is 5.95 Å². The van der Waals surface area contributed by atoms with Crippen molar-refractivity contribution in [3.05, 3.63) is 53.7 Å². The second-order valence-corrected chi connectivity index (χ2v) is 6.50. The number of nitrogens with zero attached hydrogens (tertiary/aromatic N) is 5. The van der Waals surface area contributed by atoms with Crippen LogP contribution in [0.15, 0.2) is 42.6 Å². The zero-order chi connectivity index (χ0) is 17.2. The lowest BCUT2D eigenvalue weighted by atomic mass is 10.1. The summed E-state index contributed by atoms with van der Waals surface area (Å²) in [6, 6.07) is 13.9. The average Bonchev–Trinajstić information content (AvgIpc) is 3.01. The van der Waals surface area contributed by atoms with Gasteiger partial charge in [-0.25, -0.2) is 9.97 Å². The molecule has 3 aromatic rings. The van der Waals surface area contributed by atoms with Crippen LogP contribution in [0.1, 0.15) is 24.0 Å². The van der Waals surface area contributed by atoms with Crippen molar-refractivity contribution in [3.63, 3.8) is 0 Å². The van der Waals surface area contributed by atoms with Gasteiger partial charge in [-0.3, -0.25) is 4.57 Å². The molecule has 1 unspecified atom stereocenters. The van der Waals surface area contributed by atoms with Gasteiger partial charge in [-0.05, 0) is 42.7 Å². The third kappa shape index (κ3) is 3.06. The molecule has 126 valence electrons. The fraction of sp³-hybridized carbons (Fsp3) is 0.316. The predicted molar refractivity (Wildman–Crippen MR) is 97.2 cm³/mol. The number of hydrogen-bond donors (Lipinski definition) is 1. The summed E-state index contributed by atoms with van der Waals surface area (Å²) in [5, 5.41) is 8.97. The summed E-state index contributed by atoms with van der Waals surface area (Å²) in [5.41, 5.74) is 9.72. The monoisotopic (exact) mass is 332 g/mol. The van der Waals surface area contributed by atoms with E-state index >= 15 is 0 Å². The quantitative estimate of drug-likeness (QED) is 0.795. The van der Waals surface area contributed by atoms with Crippen molar-refractivity contribution >= 4 is 17.1 Å². The van der Waals surface area contributed by atoms with Crippen LogP contribution in [-0.2, 0) is 6.54 Å². The molecule has 25 heavy (non-hydrogen) atoms. The van der Waals surface area contributed by atoms with Crippen molar-refractivity contribution in [2.24, 2.45) is 5.73 Å². The number of fused-ring (bicyclic) bond motifs is 1. The minimum atomic E-state index is 0.185. The first-order valence-corrected chi connectivity index (χ1v) is 8.55. The van der Waals surface area contributed by atoms with E-state index in [-0.39, 0.29) is 6.04 Å². The number of piperidine rings is 1. The molecule has 2 aromatic heterocycles. The number of anilines is 1. The number of benzene rings is 1. The molecular formula is C19H20N6. The third-order valence-corrected chi connectivity index (χ3v) is 4.65. The highest BCUT2D eigenvalue weighted by atomic mass is 15.3. The molecule has 2 N–H and O–H groups in total. The normalized spacial score (nSPS) is 17.6. The summed E-state index contributed by atoms with van der Waals surface area (Å²) < 4.78 is 2.15. The predicted octanol–water partition coefficient (Wildman–Crippen LogP) is 2.28. The Kier molecular flexibility index (Phi) is 4.08. The number of hydrogen-bond acceptors (Lipinski definition) is 5. The molecule has 6 nitrogen and oxygen atoms in total. The first kappa shape index (κ1) is 15.6. The largest absolute Gasteiger partial charge is 0.341 e. The number of aromatic nitrogens is 3. The summed E-state index contributed by atoms with van der Waals surface area (Å²) >= 11 is 0. The molecule has 1 fully saturated rings. The Morgan fingerprint density at radius 2 is 2.08 bits per heavy atom. The highest BCUT2D eigenvalue weighted by Crippen LogP contribution is 2.25. The van der Waals surface area contributed by atoms with Gasteiger partial charge in [-0.2, -0.15) is 5.26 Å². The van der Waals surface area contributed by atoms with E-state index < -0.39 is 0 Å². The smallest absolute Gasteiger partial charge is 0.208 e. The topological polar surface area (TPSA) is 83.8 Å². The van der Waals surface area contributed by atoms with Gasteiger partial charge in [0.25, 0.3) is 0 Å². The zero-order valence-corrected chi connectivity index (χ0v) is 14.0. The van der Waals surface area contributed by atoms with Gasteiger partial charge in [-0.15, -0.1) is 0 Å². The van der Waals surface area contributed by atoms with Crippen molar-refractivity contribution in [3.8, 4) is 6.07 Å². The molecule has 0 radical (unpaired) electrons. The van der Waals surface area contributed by atoms with E-state index in [0.29, 0.717) is 12.1 Å². The number of imidazole rings is 1. The van der Waals surface area contributed by atoms with Gasteiger partial charge in [0.05, 0.1) is 18.2 Å². The fourth-order valence-electron chi connectivity index (χ4n) is 3.39. The minimum Gasteiger partial charge on any atom is -0.341 e. The molecular weight excluding hydrogens is 312 g/mol. The van der Waals surface area contributed by atoms with E-state index in [4.69, 9.17) is 16.0 Å². The Hall–Kier alpha value is -2.91. The molecule has 6 heteroatoms. The van der Waals surface area contributed by atoms with Crippen LogP contribution in [-0.4, -0.2) is 33.7 Å². The van der Waals surface area contributed by atoms with Gasteiger partial charge in [0, 0.05) is 25.3 Å². The molecule has 0 aliphatic carbocycles. The summed E-state index contributed by atoms with van der Waals surface area (Å²) in [4.78, 5) is 11.6. The Balaban J connectivity index is 1.74. The van der Waals surface area contributed by atoms with Crippen LogP contribution in [0.4, 0.5) is 5.95 Å². The van der Waals surface area contributed by atoms with Crippen LogP contribution < -0.4 is 10.6 Å². The lowest BCUT2D eigenvalue weighted by Crippen LogP contribution is -2.44. The Morgan fingerprint density at radius 1 is 1.24 bits per heavy atom. The molecule has 3 heterocycles. The zero-order valence-electron chi connectivity index (χ0n) is 14.0. The lowest BCUT2D eigenvalue weighted by molar-refractivity contribution is 0.495. The average molecular weight is 332 g/mol. The molecule has 1 saturated heterocycles. The van der Waals surface area contributed by atoms with E-state index in [0.717, 1.165) is 48.6 Å². The first-order valence-electron chi connectivity index (χ1n) is 8.55. The van der Waals surface area contributed by atoms with E-state index in [9.17, 15) is 0 Å². The second-order valence-electron chi connectivity index (χ2n) is 6.50. The van der Waals surface area contributed by atoms with Crippen LogP contribution in [0.3, 0.4) is 0 Å². The third-order valence-electron chi connectivity index (χ3n) is 4.65. The van der Waals surface area contributed by atoms with Crippen LogP contribution in [0.25, 0.3) is 11.2 Å². The summed E-state index contributed by atoms with van der Waals surface area (Å²) in [5.74, 6) is 0.924. The first-order chi connectivity index (χ1) is 12.2. The molecule has 0 amide bonds. The Morgan fingerprint density at radius 3 is 2.84 bits per heavy atom. The molecule has 0 spiro atoms. The highest BCUT2D eigenvalue weighted by molar-refractivity contribution is 5.74. The fourth-order valence-corrected chi connectivity index (χ4v) is 3.39. The standard InChI is InChI=1S/C19H20N6/c20-11-14-5-7-15(8-6-14)12-25-18-17(4-1-9-22-18)23-19(25)24-10-2-3-16(21)13-24/h1,4-9,16H,2-3,10,12-13,21H2. The van der Waals surface area contributed by atoms with Crippen molar-refractivity contribution in [1.82, 2.24) is 14.5 Å². The van der Waals surface area contributed by atoms with E-state index in [1.54, 1.807) is 6.20 Å². The van der Waals surface area contributed by atoms with Crippen LogP contribution in [0.5, 0.6) is 0 Å². The summed E-state index contributed by atoms with van der Waals surface area (Å²) in [6.45, 7) is 2.45. The Labute approximate surface area is 146 Å². The molecule has 4 rings (SSSR count). The number of nitrogens with two attached hydrogens (primary N) is 1. The van der Waals surface area contributed by atoms with Gasteiger partial charge in [0.15, 0.2) is 5.65 Å². The van der Waals surface area contributed by atoms with Crippen molar-refractivity contribution in [1.29, 1.82) is 5.26 Å². The minimum absolute atomic E-state index is 0.185. The SMILES string of the molecule is N#Cc1ccc(Cn2c(N3CCCC(N)C3)nc3cccnc32)cc1. The molecule has 1 atom stereocenters. The summed E-state index contributed by atoms with van der Waals surface area (Å²) in [6.07, 6.45) is 3.93. The van der Waals surface area contributed by atoms with Gasteiger partial charge in [-0.1, -0.05) is 12.1 Å². The number of pyridine rings is 1. The van der Waals surface area contributed by atoms with Crippen molar-refractivity contribution in [2.75, 3.05) is 18.0 Å². The van der Waals surface area contributed by atoms with Crippen LogP contribution in [0.2, 0.25) is 0 Å². The number of rotatable bonds is 3. The van der Waals surface area contributed by atoms with Gasteiger partial charge in [0.1, 0.15) is 5.52 Å². The van der Waals surface area contributed by atoms with Crippen molar-refractivity contribution in [2.45, 2.75) is 25.4 Å². The van der Waals surface area contributed by atoms with E-state index in [1.807, 2.05) is 36.4 Å². The molecule has 0 saturated carbocycles. The van der Waals surface area contributed by atoms with E-state index in [1.165, 1.54) is 0 Å². The molecule has 1 aliphatic heterocycles. The maximum absolute atomic E-state index is 8.97. The Bertz CT molecular complexity index is 921. The van der Waals surface area contributed by atoms with Crippen LogP contribution >= 0.6 is 0 Å². The highest BCUT2D eigenvalue weighted by Gasteiger charge is 2.23. The second kappa shape index (κ2) is 6.54. The lowest BCUT2D eigenvalue weighted by Gasteiger charge is -2.31.